The molecule has 1 aliphatic carbocycles. The van der Waals surface area contributed by atoms with Crippen molar-refractivity contribution in [2.45, 2.75) is 31.6 Å². The zero-order chi connectivity index (χ0) is 9.38. The Morgan fingerprint density at radius 2 is 1.79 bits per heavy atom. The summed E-state index contributed by atoms with van der Waals surface area (Å²) in [6.45, 7) is 0.378. The van der Waals surface area contributed by atoms with E-state index in [1.165, 1.54) is 31.2 Å². The Morgan fingerprint density at radius 3 is 2.64 bits per heavy atom. The first-order valence-electron chi connectivity index (χ1n) is 5.33. The van der Waals surface area contributed by atoms with Crippen LogP contribution in [0.5, 0.6) is 11.5 Å². The van der Waals surface area contributed by atoms with Gasteiger partial charge in [-0.15, -0.1) is 0 Å². The third-order valence-corrected chi connectivity index (χ3v) is 3.22. The second kappa shape index (κ2) is 3.19. The molecule has 1 aliphatic heterocycles. The van der Waals surface area contributed by atoms with Crippen LogP contribution in [0.3, 0.4) is 0 Å². The van der Waals surface area contributed by atoms with Crippen LogP contribution in [0.25, 0.3) is 0 Å². The van der Waals surface area contributed by atoms with E-state index in [1.807, 2.05) is 6.07 Å². The molecular formula is C12H14O2. The Labute approximate surface area is 83.8 Å². The normalized spacial score (nSPS) is 20.3. The molecule has 3 rings (SSSR count). The van der Waals surface area contributed by atoms with Crippen molar-refractivity contribution in [3.8, 4) is 11.5 Å². The lowest BCUT2D eigenvalue weighted by Crippen LogP contribution is -1.93. The number of fused-ring (bicyclic) bond motifs is 1. The van der Waals surface area contributed by atoms with Gasteiger partial charge in [0.2, 0.25) is 6.79 Å². The lowest BCUT2D eigenvalue weighted by atomic mass is 9.97. The van der Waals surface area contributed by atoms with E-state index >= 15 is 0 Å². The van der Waals surface area contributed by atoms with Crippen LogP contribution in [-0.4, -0.2) is 6.79 Å². The predicted molar refractivity (Wildman–Crippen MR) is 53.8 cm³/mol. The molecule has 74 valence electrons. The molecule has 2 aliphatic rings. The summed E-state index contributed by atoms with van der Waals surface area (Å²) in [5, 5.41) is 0. The van der Waals surface area contributed by atoms with Gasteiger partial charge >= 0.3 is 0 Å². The van der Waals surface area contributed by atoms with Crippen LogP contribution >= 0.6 is 0 Å². The van der Waals surface area contributed by atoms with E-state index < -0.39 is 0 Å². The van der Waals surface area contributed by atoms with Crippen LogP contribution < -0.4 is 9.47 Å². The summed E-state index contributed by atoms with van der Waals surface area (Å²) in [4.78, 5) is 0. The number of benzene rings is 1. The van der Waals surface area contributed by atoms with E-state index in [9.17, 15) is 0 Å². The lowest BCUT2D eigenvalue weighted by Gasteiger charge is -2.09. The van der Waals surface area contributed by atoms with Crippen LogP contribution in [-0.2, 0) is 0 Å². The van der Waals surface area contributed by atoms with E-state index in [0.29, 0.717) is 6.79 Å². The maximum Gasteiger partial charge on any atom is 0.231 e. The van der Waals surface area contributed by atoms with Crippen molar-refractivity contribution < 1.29 is 9.47 Å². The van der Waals surface area contributed by atoms with Gasteiger partial charge in [-0.1, -0.05) is 18.9 Å². The first-order valence-corrected chi connectivity index (χ1v) is 5.33. The molecule has 14 heavy (non-hydrogen) atoms. The van der Waals surface area contributed by atoms with E-state index in [0.717, 1.165) is 17.4 Å². The van der Waals surface area contributed by atoms with Gasteiger partial charge in [0.05, 0.1) is 0 Å². The van der Waals surface area contributed by atoms with Crippen molar-refractivity contribution in [3.63, 3.8) is 0 Å². The molecule has 2 nitrogen and oxygen atoms in total. The average molecular weight is 190 g/mol. The number of ether oxygens (including phenoxy) is 2. The number of rotatable bonds is 1. The van der Waals surface area contributed by atoms with Gasteiger partial charge in [-0.3, -0.25) is 0 Å². The Bertz CT molecular complexity index is 340. The molecule has 0 bridgehead atoms. The Morgan fingerprint density at radius 1 is 1.00 bits per heavy atom. The molecule has 0 amide bonds. The van der Waals surface area contributed by atoms with Crippen molar-refractivity contribution in [2.24, 2.45) is 0 Å². The molecular weight excluding hydrogens is 176 g/mol. The highest BCUT2D eigenvalue weighted by Crippen LogP contribution is 2.39. The van der Waals surface area contributed by atoms with Gasteiger partial charge < -0.3 is 9.47 Å². The Kier molecular flexibility index (Phi) is 1.86. The largest absolute Gasteiger partial charge is 0.454 e. The second-order valence-electron chi connectivity index (χ2n) is 4.09. The van der Waals surface area contributed by atoms with Crippen molar-refractivity contribution in [1.29, 1.82) is 0 Å². The van der Waals surface area contributed by atoms with E-state index in [1.54, 1.807) is 0 Å². The average Bonchev–Trinajstić information content (AvgIpc) is 2.88. The zero-order valence-corrected chi connectivity index (χ0v) is 8.16. The molecule has 1 aromatic carbocycles. The smallest absolute Gasteiger partial charge is 0.231 e. The summed E-state index contributed by atoms with van der Waals surface area (Å²) in [6.07, 6.45) is 5.41. The highest BCUT2D eigenvalue weighted by molar-refractivity contribution is 5.45. The van der Waals surface area contributed by atoms with Gasteiger partial charge in [-0.2, -0.15) is 0 Å². The summed E-state index contributed by atoms with van der Waals surface area (Å²) in [7, 11) is 0. The van der Waals surface area contributed by atoms with E-state index in [2.05, 4.69) is 12.1 Å². The fraction of sp³-hybridized carbons (Fsp3) is 0.500. The maximum atomic E-state index is 5.38. The van der Waals surface area contributed by atoms with Crippen molar-refractivity contribution in [1.82, 2.24) is 0 Å². The first kappa shape index (κ1) is 8.16. The summed E-state index contributed by atoms with van der Waals surface area (Å²) in [6, 6.07) is 6.37. The maximum absolute atomic E-state index is 5.38. The standard InChI is InChI=1S/C12H14O2/c1-2-4-9(3-1)10-5-6-11-12(7-10)14-8-13-11/h5-7,9H,1-4,8H2. The van der Waals surface area contributed by atoms with Gasteiger partial charge in [0.15, 0.2) is 11.5 Å². The van der Waals surface area contributed by atoms with Crippen LogP contribution in [0.15, 0.2) is 18.2 Å². The molecule has 1 saturated carbocycles. The molecule has 0 aromatic heterocycles. The quantitative estimate of drug-likeness (QED) is 0.677. The van der Waals surface area contributed by atoms with Crippen LogP contribution in [0.1, 0.15) is 37.2 Å². The molecule has 0 unspecified atom stereocenters. The highest BCUT2D eigenvalue weighted by atomic mass is 16.7. The van der Waals surface area contributed by atoms with E-state index in [4.69, 9.17) is 9.47 Å². The molecule has 0 spiro atoms. The summed E-state index contributed by atoms with van der Waals surface area (Å²) >= 11 is 0. The molecule has 0 saturated heterocycles. The monoisotopic (exact) mass is 190 g/mol. The molecule has 1 heterocycles. The van der Waals surface area contributed by atoms with Gasteiger partial charge in [0.1, 0.15) is 0 Å². The van der Waals surface area contributed by atoms with Crippen LogP contribution in [0, 0.1) is 0 Å². The van der Waals surface area contributed by atoms with Crippen molar-refractivity contribution in [3.05, 3.63) is 23.8 Å². The third-order valence-electron chi connectivity index (χ3n) is 3.22. The SMILES string of the molecule is c1cc2c(cc1C1CCCC1)OCO2. The molecule has 1 fully saturated rings. The van der Waals surface area contributed by atoms with Crippen LogP contribution in [0.2, 0.25) is 0 Å². The summed E-state index contributed by atoms with van der Waals surface area (Å²) in [5.74, 6) is 2.57. The predicted octanol–water partition coefficient (Wildman–Crippen LogP) is 3.07. The lowest BCUT2D eigenvalue weighted by molar-refractivity contribution is 0.174. The topological polar surface area (TPSA) is 18.5 Å². The molecule has 0 radical (unpaired) electrons. The minimum atomic E-state index is 0.378. The van der Waals surface area contributed by atoms with Gasteiger partial charge in [-0.05, 0) is 36.5 Å². The summed E-state index contributed by atoms with van der Waals surface area (Å²) < 4.78 is 10.7. The zero-order valence-electron chi connectivity index (χ0n) is 8.16. The summed E-state index contributed by atoms with van der Waals surface area (Å²) in [5.41, 5.74) is 1.42. The van der Waals surface area contributed by atoms with Crippen LogP contribution in [0.4, 0.5) is 0 Å². The molecule has 0 atom stereocenters. The van der Waals surface area contributed by atoms with Crippen molar-refractivity contribution in [2.75, 3.05) is 6.79 Å². The van der Waals surface area contributed by atoms with Gasteiger partial charge in [-0.25, -0.2) is 0 Å². The minimum Gasteiger partial charge on any atom is -0.454 e. The van der Waals surface area contributed by atoms with E-state index in [-0.39, 0.29) is 0 Å². The second-order valence-corrected chi connectivity index (χ2v) is 4.09. The third kappa shape index (κ3) is 1.26. The number of hydrogen-bond donors (Lipinski definition) is 0. The highest BCUT2D eigenvalue weighted by Gasteiger charge is 2.20. The molecule has 2 heteroatoms. The van der Waals surface area contributed by atoms with Gasteiger partial charge in [0.25, 0.3) is 0 Å². The Hall–Kier alpha value is -1.18. The number of hydrogen-bond acceptors (Lipinski definition) is 2. The Balaban J connectivity index is 1.91. The van der Waals surface area contributed by atoms with Crippen molar-refractivity contribution >= 4 is 0 Å². The molecule has 1 aromatic rings. The fourth-order valence-corrected chi connectivity index (χ4v) is 2.43. The minimum absolute atomic E-state index is 0.378. The van der Waals surface area contributed by atoms with Gasteiger partial charge in [0, 0.05) is 0 Å². The first-order chi connectivity index (χ1) is 6.93. The fourth-order valence-electron chi connectivity index (χ4n) is 2.43. The molecule has 0 N–H and O–H groups in total.